The summed E-state index contributed by atoms with van der Waals surface area (Å²) in [6.07, 6.45) is 3.66. The zero-order valence-electron chi connectivity index (χ0n) is 11.6. The molecule has 1 atom stereocenters. The Kier molecular flexibility index (Phi) is 3.78. The van der Waals surface area contributed by atoms with Crippen molar-refractivity contribution in [3.05, 3.63) is 0 Å². The van der Waals surface area contributed by atoms with Crippen LogP contribution < -0.4 is 5.32 Å². The van der Waals surface area contributed by atoms with Gasteiger partial charge in [-0.1, -0.05) is 6.92 Å². The highest BCUT2D eigenvalue weighted by Gasteiger charge is 2.47. The molecule has 2 aliphatic heterocycles. The Morgan fingerprint density at radius 3 is 2.42 bits per heavy atom. The van der Waals surface area contributed by atoms with Crippen molar-refractivity contribution in [3.8, 4) is 0 Å². The molecule has 0 aromatic rings. The van der Waals surface area contributed by atoms with Crippen molar-refractivity contribution in [1.29, 1.82) is 0 Å². The monoisotopic (exact) mass is 267 g/mol. The van der Waals surface area contributed by atoms with E-state index in [0.717, 1.165) is 37.3 Å². The van der Waals surface area contributed by atoms with Crippen LogP contribution in [0.2, 0.25) is 0 Å². The van der Waals surface area contributed by atoms with Gasteiger partial charge in [-0.05, 0) is 32.6 Å². The molecule has 2 fully saturated rings. The van der Waals surface area contributed by atoms with Crippen LogP contribution in [0.1, 0.15) is 39.5 Å². The normalized spacial score (nSPS) is 27.7. The summed E-state index contributed by atoms with van der Waals surface area (Å²) in [5, 5.41) is 2.65. The van der Waals surface area contributed by atoms with E-state index in [9.17, 15) is 14.4 Å². The standard InChI is InChI=1S/C13H21N3O3/c1-3-13(2)11(18)16(12(19)14-13)9-10(17)15-7-5-4-6-8-15/h3-9H2,1-2H3,(H,14,19). The van der Waals surface area contributed by atoms with Gasteiger partial charge < -0.3 is 10.2 Å². The minimum atomic E-state index is -0.862. The zero-order valence-corrected chi connectivity index (χ0v) is 11.6. The van der Waals surface area contributed by atoms with Gasteiger partial charge in [0.25, 0.3) is 5.91 Å². The fourth-order valence-electron chi connectivity index (χ4n) is 2.51. The van der Waals surface area contributed by atoms with Crippen molar-refractivity contribution >= 4 is 17.8 Å². The maximum atomic E-state index is 12.2. The number of nitrogens with zero attached hydrogens (tertiary/aromatic N) is 2. The number of likely N-dealkylation sites (tertiary alicyclic amines) is 1. The highest BCUT2D eigenvalue weighted by molar-refractivity contribution is 6.08. The number of urea groups is 1. The van der Waals surface area contributed by atoms with E-state index in [1.54, 1.807) is 11.8 Å². The number of imide groups is 1. The second-order valence-electron chi connectivity index (χ2n) is 5.45. The van der Waals surface area contributed by atoms with Crippen LogP contribution in [0.4, 0.5) is 4.79 Å². The van der Waals surface area contributed by atoms with E-state index in [1.807, 2.05) is 6.92 Å². The molecular weight excluding hydrogens is 246 g/mol. The summed E-state index contributed by atoms with van der Waals surface area (Å²) >= 11 is 0. The fraction of sp³-hybridized carbons (Fsp3) is 0.769. The summed E-state index contributed by atoms with van der Waals surface area (Å²) in [5.41, 5.74) is -0.862. The first-order valence-corrected chi connectivity index (χ1v) is 6.90. The van der Waals surface area contributed by atoms with Gasteiger partial charge in [0.05, 0.1) is 0 Å². The first-order chi connectivity index (χ1) is 8.98. The quantitative estimate of drug-likeness (QED) is 0.766. The predicted octanol–water partition coefficient (Wildman–Crippen LogP) is 0.719. The summed E-state index contributed by atoms with van der Waals surface area (Å²) in [6.45, 7) is 4.86. The number of hydrogen-bond acceptors (Lipinski definition) is 3. The summed E-state index contributed by atoms with van der Waals surface area (Å²) in [7, 11) is 0. The molecule has 4 amide bonds. The second-order valence-corrected chi connectivity index (χ2v) is 5.45. The van der Waals surface area contributed by atoms with Gasteiger partial charge in [-0.3, -0.25) is 14.5 Å². The molecule has 0 aromatic heterocycles. The summed E-state index contributed by atoms with van der Waals surface area (Å²) < 4.78 is 0. The lowest BCUT2D eigenvalue weighted by atomic mass is 9.99. The van der Waals surface area contributed by atoms with E-state index >= 15 is 0 Å². The van der Waals surface area contributed by atoms with Gasteiger partial charge in [0, 0.05) is 13.1 Å². The predicted molar refractivity (Wildman–Crippen MR) is 69.4 cm³/mol. The van der Waals surface area contributed by atoms with Gasteiger partial charge in [0.2, 0.25) is 5.91 Å². The lowest BCUT2D eigenvalue weighted by Crippen LogP contribution is -2.46. The molecule has 2 heterocycles. The van der Waals surface area contributed by atoms with Crippen LogP contribution in [-0.4, -0.2) is 52.8 Å². The van der Waals surface area contributed by atoms with Gasteiger partial charge in [-0.25, -0.2) is 4.79 Å². The first kappa shape index (κ1) is 13.8. The maximum Gasteiger partial charge on any atom is 0.325 e. The lowest BCUT2D eigenvalue weighted by Gasteiger charge is -2.28. The van der Waals surface area contributed by atoms with Crippen LogP contribution in [0.15, 0.2) is 0 Å². The van der Waals surface area contributed by atoms with Crippen molar-refractivity contribution in [2.75, 3.05) is 19.6 Å². The molecular formula is C13H21N3O3. The van der Waals surface area contributed by atoms with E-state index in [1.165, 1.54) is 0 Å². The van der Waals surface area contributed by atoms with E-state index in [-0.39, 0.29) is 18.4 Å². The Labute approximate surface area is 113 Å². The van der Waals surface area contributed by atoms with Crippen LogP contribution in [0.25, 0.3) is 0 Å². The molecule has 0 radical (unpaired) electrons. The molecule has 1 N–H and O–H groups in total. The van der Waals surface area contributed by atoms with Gasteiger partial charge in [0.15, 0.2) is 0 Å². The topological polar surface area (TPSA) is 69.7 Å². The Balaban J connectivity index is 2.00. The lowest BCUT2D eigenvalue weighted by molar-refractivity contribution is -0.139. The van der Waals surface area contributed by atoms with Crippen LogP contribution in [0.5, 0.6) is 0 Å². The molecule has 2 saturated heterocycles. The molecule has 19 heavy (non-hydrogen) atoms. The van der Waals surface area contributed by atoms with Crippen LogP contribution in [0, 0.1) is 0 Å². The van der Waals surface area contributed by atoms with Crippen LogP contribution >= 0.6 is 0 Å². The molecule has 106 valence electrons. The van der Waals surface area contributed by atoms with Gasteiger partial charge in [-0.2, -0.15) is 0 Å². The first-order valence-electron chi connectivity index (χ1n) is 6.90. The Bertz CT molecular complexity index is 404. The van der Waals surface area contributed by atoms with Crippen LogP contribution in [0.3, 0.4) is 0 Å². The highest BCUT2D eigenvalue weighted by Crippen LogP contribution is 2.21. The van der Waals surface area contributed by atoms with E-state index < -0.39 is 11.6 Å². The van der Waals surface area contributed by atoms with E-state index in [0.29, 0.717) is 6.42 Å². The molecule has 2 rings (SSSR count). The number of amides is 4. The van der Waals surface area contributed by atoms with Gasteiger partial charge in [0.1, 0.15) is 12.1 Å². The Morgan fingerprint density at radius 1 is 1.26 bits per heavy atom. The van der Waals surface area contributed by atoms with Crippen molar-refractivity contribution in [2.24, 2.45) is 0 Å². The molecule has 0 aromatic carbocycles. The van der Waals surface area contributed by atoms with E-state index in [2.05, 4.69) is 5.32 Å². The largest absolute Gasteiger partial charge is 0.341 e. The van der Waals surface area contributed by atoms with E-state index in [4.69, 9.17) is 0 Å². The molecule has 0 spiro atoms. The maximum absolute atomic E-state index is 12.2. The summed E-state index contributed by atoms with van der Waals surface area (Å²) in [6, 6.07) is -0.459. The van der Waals surface area contributed by atoms with Crippen molar-refractivity contribution in [2.45, 2.75) is 45.1 Å². The second kappa shape index (κ2) is 5.19. The fourth-order valence-corrected chi connectivity index (χ4v) is 2.51. The number of carbonyl (C=O) groups excluding carboxylic acids is 3. The SMILES string of the molecule is CCC1(C)NC(=O)N(CC(=O)N2CCCCC2)C1=O. The third-order valence-corrected chi connectivity index (χ3v) is 4.05. The molecule has 0 bridgehead atoms. The van der Waals surface area contributed by atoms with Gasteiger partial charge in [-0.15, -0.1) is 0 Å². The van der Waals surface area contributed by atoms with Crippen LogP contribution in [-0.2, 0) is 9.59 Å². The molecule has 0 aliphatic carbocycles. The molecule has 1 unspecified atom stereocenters. The molecule has 6 heteroatoms. The molecule has 6 nitrogen and oxygen atoms in total. The van der Waals surface area contributed by atoms with Crippen molar-refractivity contribution < 1.29 is 14.4 Å². The summed E-state index contributed by atoms with van der Waals surface area (Å²) in [5.74, 6) is -0.436. The smallest absolute Gasteiger partial charge is 0.325 e. The molecule has 2 aliphatic rings. The minimum absolute atomic E-state index is 0.136. The third kappa shape index (κ3) is 2.57. The number of piperidine rings is 1. The minimum Gasteiger partial charge on any atom is -0.341 e. The number of rotatable bonds is 3. The van der Waals surface area contributed by atoms with Gasteiger partial charge >= 0.3 is 6.03 Å². The number of hydrogen-bond donors (Lipinski definition) is 1. The summed E-state index contributed by atoms with van der Waals surface area (Å²) in [4.78, 5) is 38.8. The third-order valence-electron chi connectivity index (χ3n) is 4.05. The van der Waals surface area contributed by atoms with Crippen molar-refractivity contribution in [1.82, 2.24) is 15.1 Å². The zero-order chi connectivity index (χ0) is 14.0. The number of nitrogens with one attached hydrogen (secondary N) is 1. The average molecular weight is 267 g/mol. The highest BCUT2D eigenvalue weighted by atomic mass is 16.2. The van der Waals surface area contributed by atoms with Crippen molar-refractivity contribution in [3.63, 3.8) is 0 Å². The average Bonchev–Trinajstić information content (AvgIpc) is 2.64. The Morgan fingerprint density at radius 2 is 1.89 bits per heavy atom. The number of carbonyl (C=O) groups is 3. The molecule has 0 saturated carbocycles. The Hall–Kier alpha value is -1.59.